The number of nitrogens with one attached hydrogen (secondary N) is 1. The van der Waals surface area contributed by atoms with E-state index in [9.17, 15) is 14.4 Å². The lowest BCUT2D eigenvalue weighted by Crippen LogP contribution is -2.36. The lowest BCUT2D eigenvalue weighted by atomic mass is 9.92. The van der Waals surface area contributed by atoms with Crippen LogP contribution >= 0.6 is 0 Å². The Morgan fingerprint density at radius 2 is 1.92 bits per heavy atom. The number of benzene rings is 1. The van der Waals surface area contributed by atoms with Crippen molar-refractivity contribution in [3.63, 3.8) is 0 Å². The van der Waals surface area contributed by atoms with Gasteiger partial charge in [0.2, 0.25) is 0 Å². The number of hydrogen-bond acceptors (Lipinski definition) is 3. The van der Waals surface area contributed by atoms with E-state index in [-0.39, 0.29) is 16.9 Å². The molecule has 1 aromatic heterocycles. The summed E-state index contributed by atoms with van der Waals surface area (Å²) in [6.07, 6.45) is 3.64. The minimum Gasteiger partial charge on any atom is -0.352 e. The SMILES string of the molecule is CCCCNC(=O)c1cc2c(n(-c3ccccc3)c1=O)CCCC2=O. The van der Waals surface area contributed by atoms with Crippen LogP contribution in [0.15, 0.2) is 41.2 Å². The number of amides is 1. The summed E-state index contributed by atoms with van der Waals surface area (Å²) in [6.45, 7) is 2.55. The van der Waals surface area contributed by atoms with Gasteiger partial charge in [-0.15, -0.1) is 0 Å². The zero-order valence-electron chi connectivity index (χ0n) is 14.4. The molecule has 5 heteroatoms. The molecular weight excluding hydrogens is 316 g/mol. The molecule has 0 saturated heterocycles. The van der Waals surface area contributed by atoms with Crippen molar-refractivity contribution in [2.24, 2.45) is 0 Å². The summed E-state index contributed by atoms with van der Waals surface area (Å²) in [5.41, 5.74) is 1.55. The predicted octanol–water partition coefficient (Wildman–Crippen LogP) is 2.89. The number of nitrogens with zero attached hydrogens (tertiary/aromatic N) is 1. The topological polar surface area (TPSA) is 68.2 Å². The molecule has 0 fully saturated rings. The number of unbranched alkanes of at least 4 members (excludes halogenated alkanes) is 1. The fourth-order valence-corrected chi connectivity index (χ4v) is 3.18. The van der Waals surface area contributed by atoms with Gasteiger partial charge in [0, 0.05) is 29.9 Å². The molecule has 1 aromatic carbocycles. The van der Waals surface area contributed by atoms with Crippen LogP contribution in [0.4, 0.5) is 0 Å². The van der Waals surface area contributed by atoms with E-state index in [1.54, 1.807) is 0 Å². The molecule has 0 spiro atoms. The fraction of sp³-hybridized carbons (Fsp3) is 0.350. The van der Waals surface area contributed by atoms with E-state index in [0.29, 0.717) is 36.3 Å². The summed E-state index contributed by atoms with van der Waals surface area (Å²) in [6, 6.07) is 10.7. The number of hydrogen-bond donors (Lipinski definition) is 1. The summed E-state index contributed by atoms with van der Waals surface area (Å²) in [4.78, 5) is 37.9. The van der Waals surface area contributed by atoms with Gasteiger partial charge in [-0.3, -0.25) is 19.0 Å². The summed E-state index contributed by atoms with van der Waals surface area (Å²) < 4.78 is 1.53. The van der Waals surface area contributed by atoms with Crippen LogP contribution in [0.5, 0.6) is 0 Å². The van der Waals surface area contributed by atoms with Gasteiger partial charge < -0.3 is 5.32 Å². The number of Topliss-reactive ketones (excluding diaryl/α,β-unsaturated/α-hetero) is 1. The van der Waals surface area contributed by atoms with Crippen LogP contribution in [0.1, 0.15) is 59.0 Å². The molecule has 130 valence electrons. The van der Waals surface area contributed by atoms with E-state index < -0.39 is 5.91 Å². The van der Waals surface area contributed by atoms with Crippen LogP contribution in [-0.4, -0.2) is 22.8 Å². The van der Waals surface area contributed by atoms with E-state index in [4.69, 9.17) is 0 Å². The Hall–Kier alpha value is -2.69. The molecular formula is C20H22N2O3. The minimum absolute atomic E-state index is 0.00598. The summed E-state index contributed by atoms with van der Waals surface area (Å²) in [5, 5.41) is 2.78. The highest BCUT2D eigenvalue weighted by Crippen LogP contribution is 2.23. The van der Waals surface area contributed by atoms with Gasteiger partial charge in [-0.2, -0.15) is 0 Å². The average Bonchev–Trinajstić information content (AvgIpc) is 2.62. The maximum Gasteiger partial charge on any atom is 0.268 e. The Labute approximate surface area is 146 Å². The average molecular weight is 338 g/mol. The number of pyridine rings is 1. The molecule has 2 aromatic rings. The number of aromatic nitrogens is 1. The molecule has 1 amide bonds. The smallest absolute Gasteiger partial charge is 0.268 e. The molecule has 1 aliphatic rings. The first kappa shape index (κ1) is 17.1. The third-order valence-corrected chi connectivity index (χ3v) is 4.50. The molecule has 3 rings (SSSR count). The highest BCUT2D eigenvalue weighted by atomic mass is 16.2. The molecule has 5 nitrogen and oxygen atoms in total. The second kappa shape index (κ2) is 7.47. The second-order valence-corrected chi connectivity index (χ2v) is 6.28. The Balaban J connectivity index is 2.15. The van der Waals surface area contributed by atoms with Crippen molar-refractivity contribution in [2.45, 2.75) is 39.0 Å². The van der Waals surface area contributed by atoms with Crippen molar-refractivity contribution in [1.82, 2.24) is 9.88 Å². The number of carbonyl (C=O) groups is 2. The van der Waals surface area contributed by atoms with E-state index >= 15 is 0 Å². The number of ketones is 1. The van der Waals surface area contributed by atoms with E-state index in [0.717, 1.165) is 19.3 Å². The molecule has 0 saturated carbocycles. The third-order valence-electron chi connectivity index (χ3n) is 4.50. The zero-order chi connectivity index (χ0) is 17.8. The van der Waals surface area contributed by atoms with Gasteiger partial charge in [0.1, 0.15) is 5.56 Å². The maximum absolute atomic E-state index is 13.0. The number of para-hydroxylation sites is 1. The summed E-state index contributed by atoms with van der Waals surface area (Å²) in [7, 11) is 0. The summed E-state index contributed by atoms with van der Waals surface area (Å²) >= 11 is 0. The van der Waals surface area contributed by atoms with Crippen LogP contribution in [0.25, 0.3) is 5.69 Å². The van der Waals surface area contributed by atoms with Crippen molar-refractivity contribution >= 4 is 11.7 Å². The van der Waals surface area contributed by atoms with E-state index in [1.165, 1.54) is 10.6 Å². The quantitative estimate of drug-likeness (QED) is 0.852. The molecule has 25 heavy (non-hydrogen) atoms. The first-order chi connectivity index (χ1) is 12.1. The third kappa shape index (κ3) is 3.40. The first-order valence-electron chi connectivity index (χ1n) is 8.79. The molecule has 0 bridgehead atoms. The Morgan fingerprint density at radius 1 is 1.16 bits per heavy atom. The standard InChI is InChI=1S/C20H22N2O3/c1-2-3-12-21-19(24)16-13-15-17(10-7-11-18(15)23)22(20(16)25)14-8-5-4-6-9-14/h4-6,8-9,13H,2-3,7,10-12H2,1H3,(H,21,24). The van der Waals surface area contributed by atoms with E-state index in [1.807, 2.05) is 37.3 Å². The Kier molecular flexibility index (Phi) is 5.12. The van der Waals surface area contributed by atoms with Gasteiger partial charge in [-0.1, -0.05) is 31.5 Å². The summed E-state index contributed by atoms with van der Waals surface area (Å²) in [5.74, 6) is -0.419. The largest absolute Gasteiger partial charge is 0.352 e. The molecule has 0 aliphatic heterocycles. The van der Waals surface area contributed by atoms with Crippen LogP contribution in [-0.2, 0) is 6.42 Å². The fourth-order valence-electron chi connectivity index (χ4n) is 3.18. The molecule has 1 heterocycles. The normalized spacial score (nSPS) is 13.4. The molecule has 0 atom stereocenters. The monoisotopic (exact) mass is 338 g/mol. The number of carbonyl (C=O) groups excluding carboxylic acids is 2. The van der Waals surface area contributed by atoms with Crippen LogP contribution < -0.4 is 10.9 Å². The second-order valence-electron chi connectivity index (χ2n) is 6.28. The molecule has 1 aliphatic carbocycles. The van der Waals surface area contributed by atoms with Crippen molar-refractivity contribution in [1.29, 1.82) is 0 Å². The zero-order valence-corrected chi connectivity index (χ0v) is 14.4. The highest BCUT2D eigenvalue weighted by Gasteiger charge is 2.25. The van der Waals surface area contributed by atoms with Gasteiger partial charge in [-0.05, 0) is 37.5 Å². The molecule has 1 N–H and O–H groups in total. The highest BCUT2D eigenvalue weighted by molar-refractivity contribution is 6.01. The number of rotatable bonds is 5. The predicted molar refractivity (Wildman–Crippen MR) is 96.5 cm³/mol. The van der Waals surface area contributed by atoms with Crippen molar-refractivity contribution in [2.75, 3.05) is 6.54 Å². The Morgan fingerprint density at radius 3 is 2.64 bits per heavy atom. The lowest BCUT2D eigenvalue weighted by molar-refractivity contribution is 0.0951. The van der Waals surface area contributed by atoms with Gasteiger partial charge in [0.05, 0.1) is 0 Å². The molecule has 0 unspecified atom stereocenters. The van der Waals surface area contributed by atoms with Crippen molar-refractivity contribution < 1.29 is 9.59 Å². The Bertz CT molecular complexity index is 853. The van der Waals surface area contributed by atoms with Crippen molar-refractivity contribution in [3.05, 3.63) is 63.6 Å². The first-order valence-corrected chi connectivity index (χ1v) is 8.79. The van der Waals surface area contributed by atoms with Gasteiger partial charge in [0.25, 0.3) is 11.5 Å². The van der Waals surface area contributed by atoms with Gasteiger partial charge in [0.15, 0.2) is 5.78 Å². The van der Waals surface area contributed by atoms with Crippen molar-refractivity contribution in [3.8, 4) is 5.69 Å². The van der Waals surface area contributed by atoms with Gasteiger partial charge in [-0.25, -0.2) is 0 Å². The molecule has 0 radical (unpaired) electrons. The van der Waals surface area contributed by atoms with Crippen LogP contribution in [0, 0.1) is 0 Å². The van der Waals surface area contributed by atoms with Gasteiger partial charge >= 0.3 is 0 Å². The van der Waals surface area contributed by atoms with Crippen LogP contribution in [0.3, 0.4) is 0 Å². The maximum atomic E-state index is 13.0. The van der Waals surface area contributed by atoms with E-state index in [2.05, 4.69) is 5.32 Å². The van der Waals surface area contributed by atoms with Crippen LogP contribution in [0.2, 0.25) is 0 Å². The number of fused-ring (bicyclic) bond motifs is 1. The minimum atomic E-state index is -0.413. The lowest BCUT2D eigenvalue weighted by Gasteiger charge is -2.21.